The van der Waals surface area contributed by atoms with Gasteiger partial charge in [0.2, 0.25) is 22.0 Å². The molecule has 1 heterocycles. The van der Waals surface area contributed by atoms with Gasteiger partial charge in [-0.1, -0.05) is 0 Å². The minimum Gasteiger partial charge on any atom is -0.463 e. The number of carbonyl (C=O) groups excluding carboxylic acids is 3. The first-order valence-electron chi connectivity index (χ1n) is 7.01. The fraction of sp³-hybridized carbons (Fsp3) is 0.357. The molecule has 1 fully saturated rings. The molecule has 1 aliphatic rings. The smallest absolute Gasteiger partial charge is 0.347 e. The Morgan fingerprint density at radius 3 is 2.50 bits per heavy atom. The van der Waals surface area contributed by atoms with E-state index < -0.39 is 34.6 Å². The first kappa shape index (κ1) is 17.9. The van der Waals surface area contributed by atoms with Crippen molar-refractivity contribution in [3.63, 3.8) is 0 Å². The zero-order valence-corrected chi connectivity index (χ0v) is 13.6. The number of sulfonamides is 1. The van der Waals surface area contributed by atoms with Crippen LogP contribution in [-0.4, -0.2) is 45.5 Å². The maximum Gasteiger partial charge on any atom is 0.347 e. The van der Waals surface area contributed by atoms with E-state index in [-0.39, 0.29) is 23.8 Å². The minimum absolute atomic E-state index is 0.0790. The van der Waals surface area contributed by atoms with Gasteiger partial charge in [0.25, 0.3) is 0 Å². The molecule has 0 bridgehead atoms. The van der Waals surface area contributed by atoms with E-state index in [2.05, 4.69) is 14.8 Å². The lowest BCUT2D eigenvalue weighted by Gasteiger charge is -2.10. The van der Waals surface area contributed by atoms with Crippen molar-refractivity contribution in [2.45, 2.75) is 24.3 Å². The number of benzene rings is 1. The summed E-state index contributed by atoms with van der Waals surface area (Å²) in [6, 6.07) is 5.41. The quantitative estimate of drug-likeness (QED) is 0.675. The summed E-state index contributed by atoms with van der Waals surface area (Å²) in [5, 5.41) is 2.51. The Bertz CT molecular complexity index is 743. The van der Waals surface area contributed by atoms with Gasteiger partial charge in [0.05, 0.1) is 11.5 Å². The second kappa shape index (κ2) is 7.41. The summed E-state index contributed by atoms with van der Waals surface area (Å²) < 4.78 is 35.7. The van der Waals surface area contributed by atoms with Gasteiger partial charge >= 0.3 is 11.9 Å². The van der Waals surface area contributed by atoms with E-state index in [0.717, 1.165) is 0 Å². The standard InChI is InChI=1S/C14H16N2O7S/c1-9(17)16-10-2-4-11(5-3-10)24(20,21)15-8-13(18)23-12-6-7-22-14(12)19/h2-5,12,15H,6-8H2,1H3,(H,16,17)/t12-/m1/s1. The summed E-state index contributed by atoms with van der Waals surface area (Å²) >= 11 is 0. The second-order valence-corrected chi connectivity index (χ2v) is 6.73. The number of cyclic esters (lactones) is 1. The molecule has 24 heavy (non-hydrogen) atoms. The number of hydrogen-bond acceptors (Lipinski definition) is 7. The molecule has 0 saturated carbocycles. The Morgan fingerprint density at radius 1 is 1.29 bits per heavy atom. The highest BCUT2D eigenvalue weighted by molar-refractivity contribution is 7.89. The monoisotopic (exact) mass is 356 g/mol. The Morgan fingerprint density at radius 2 is 1.96 bits per heavy atom. The lowest BCUT2D eigenvalue weighted by Crippen LogP contribution is -2.33. The molecule has 10 heteroatoms. The van der Waals surface area contributed by atoms with Crippen LogP contribution in [0, 0.1) is 0 Å². The van der Waals surface area contributed by atoms with Crippen molar-refractivity contribution in [1.29, 1.82) is 0 Å². The van der Waals surface area contributed by atoms with Crippen LogP contribution in [-0.2, 0) is 33.9 Å². The first-order valence-corrected chi connectivity index (χ1v) is 8.50. The van der Waals surface area contributed by atoms with Crippen LogP contribution < -0.4 is 10.0 Å². The van der Waals surface area contributed by atoms with Gasteiger partial charge in [0.15, 0.2) is 0 Å². The average molecular weight is 356 g/mol. The van der Waals surface area contributed by atoms with Crippen LogP contribution in [0.2, 0.25) is 0 Å². The van der Waals surface area contributed by atoms with Gasteiger partial charge in [-0.05, 0) is 24.3 Å². The fourth-order valence-electron chi connectivity index (χ4n) is 1.94. The summed E-state index contributed by atoms with van der Waals surface area (Å²) in [5.74, 6) is -1.80. The molecule has 9 nitrogen and oxygen atoms in total. The third kappa shape index (κ3) is 4.77. The molecule has 1 saturated heterocycles. The molecule has 2 rings (SSSR count). The molecule has 1 aliphatic heterocycles. The number of carbonyl (C=O) groups is 3. The van der Waals surface area contributed by atoms with Crippen molar-refractivity contribution >= 4 is 33.6 Å². The Hall–Kier alpha value is -2.46. The number of anilines is 1. The SMILES string of the molecule is CC(=O)Nc1ccc(S(=O)(=O)NCC(=O)O[C@@H]2CCOC2=O)cc1. The zero-order valence-electron chi connectivity index (χ0n) is 12.8. The van der Waals surface area contributed by atoms with E-state index in [4.69, 9.17) is 4.74 Å². The van der Waals surface area contributed by atoms with Crippen molar-refractivity contribution in [3.8, 4) is 0 Å². The molecule has 0 unspecified atom stereocenters. The Kier molecular flexibility index (Phi) is 5.52. The van der Waals surface area contributed by atoms with Gasteiger partial charge in [0.1, 0.15) is 6.54 Å². The molecule has 130 valence electrons. The van der Waals surface area contributed by atoms with E-state index in [1.165, 1.54) is 31.2 Å². The highest BCUT2D eigenvalue weighted by Gasteiger charge is 2.30. The van der Waals surface area contributed by atoms with Gasteiger partial charge in [-0.15, -0.1) is 0 Å². The van der Waals surface area contributed by atoms with Gasteiger partial charge in [-0.2, -0.15) is 4.72 Å². The summed E-state index contributed by atoms with van der Waals surface area (Å²) in [6.45, 7) is 0.890. The topological polar surface area (TPSA) is 128 Å². The zero-order chi connectivity index (χ0) is 17.7. The molecule has 1 aromatic carbocycles. The van der Waals surface area contributed by atoms with E-state index in [0.29, 0.717) is 5.69 Å². The van der Waals surface area contributed by atoms with Crippen molar-refractivity contribution < 1.29 is 32.3 Å². The lowest BCUT2D eigenvalue weighted by molar-refractivity contribution is -0.159. The average Bonchev–Trinajstić information content (AvgIpc) is 2.90. The molecule has 2 N–H and O–H groups in total. The van der Waals surface area contributed by atoms with Gasteiger partial charge < -0.3 is 14.8 Å². The minimum atomic E-state index is -3.93. The largest absolute Gasteiger partial charge is 0.463 e. The Labute approximate surface area is 138 Å². The van der Waals surface area contributed by atoms with Crippen LogP contribution in [0.1, 0.15) is 13.3 Å². The molecule has 0 spiro atoms. The number of ether oxygens (including phenoxy) is 2. The van der Waals surface area contributed by atoms with E-state index in [1.54, 1.807) is 0 Å². The van der Waals surface area contributed by atoms with E-state index >= 15 is 0 Å². The molecule has 1 amide bonds. The summed E-state index contributed by atoms with van der Waals surface area (Å²) in [5.41, 5.74) is 0.445. The highest BCUT2D eigenvalue weighted by Crippen LogP contribution is 2.14. The van der Waals surface area contributed by atoms with Crippen LogP contribution in [0.25, 0.3) is 0 Å². The van der Waals surface area contributed by atoms with Gasteiger partial charge in [-0.3, -0.25) is 9.59 Å². The van der Waals surface area contributed by atoms with E-state index in [1.807, 2.05) is 0 Å². The van der Waals surface area contributed by atoms with Crippen LogP contribution >= 0.6 is 0 Å². The maximum absolute atomic E-state index is 12.1. The lowest BCUT2D eigenvalue weighted by atomic mass is 10.3. The van der Waals surface area contributed by atoms with Crippen LogP contribution in [0.5, 0.6) is 0 Å². The molecule has 1 atom stereocenters. The second-order valence-electron chi connectivity index (χ2n) is 4.96. The highest BCUT2D eigenvalue weighted by atomic mass is 32.2. The van der Waals surface area contributed by atoms with Crippen molar-refractivity contribution in [2.24, 2.45) is 0 Å². The van der Waals surface area contributed by atoms with Crippen molar-refractivity contribution in [2.75, 3.05) is 18.5 Å². The van der Waals surface area contributed by atoms with Crippen molar-refractivity contribution in [1.82, 2.24) is 4.72 Å². The number of amides is 1. The summed E-state index contributed by atoms with van der Waals surface area (Å²) in [4.78, 5) is 33.6. The molecule has 1 aromatic rings. The molecular formula is C14H16N2O7S. The number of nitrogens with one attached hydrogen (secondary N) is 2. The summed E-state index contributed by atoms with van der Waals surface area (Å²) in [6.07, 6.45) is -0.735. The number of rotatable bonds is 6. The van der Waals surface area contributed by atoms with Crippen molar-refractivity contribution in [3.05, 3.63) is 24.3 Å². The predicted molar refractivity (Wildman–Crippen MR) is 81.4 cm³/mol. The third-order valence-electron chi connectivity index (χ3n) is 3.05. The van der Waals surface area contributed by atoms with Crippen LogP contribution in [0.4, 0.5) is 5.69 Å². The van der Waals surface area contributed by atoms with Crippen LogP contribution in [0.15, 0.2) is 29.2 Å². The number of esters is 2. The molecule has 0 aliphatic carbocycles. The molecular weight excluding hydrogens is 340 g/mol. The van der Waals surface area contributed by atoms with Crippen LogP contribution in [0.3, 0.4) is 0 Å². The molecule has 0 aromatic heterocycles. The summed E-state index contributed by atoms with van der Waals surface area (Å²) in [7, 11) is -3.93. The fourth-order valence-corrected chi connectivity index (χ4v) is 2.91. The predicted octanol–water partition coefficient (Wildman–Crippen LogP) is -0.218. The first-order chi connectivity index (χ1) is 11.3. The normalized spacial score (nSPS) is 17.2. The van der Waals surface area contributed by atoms with Gasteiger partial charge in [0, 0.05) is 19.0 Å². The van der Waals surface area contributed by atoms with E-state index in [9.17, 15) is 22.8 Å². The Balaban J connectivity index is 1.91. The van der Waals surface area contributed by atoms with Gasteiger partial charge in [-0.25, -0.2) is 13.2 Å². The number of hydrogen-bond donors (Lipinski definition) is 2. The third-order valence-corrected chi connectivity index (χ3v) is 4.47. The maximum atomic E-state index is 12.1. The molecule has 0 radical (unpaired) electrons.